The van der Waals surface area contributed by atoms with Crippen LogP contribution in [0.1, 0.15) is 33.1 Å². The molecule has 2 bridgehead atoms. The molecule has 4 atom stereocenters. The minimum Gasteiger partial charge on any atom is -0.481 e. The number of amides is 1. The van der Waals surface area contributed by atoms with Gasteiger partial charge in [-0.15, -0.1) is 0 Å². The number of carboxylic acid groups (broad SMARTS) is 1. The first-order valence-corrected chi connectivity index (χ1v) is 7.14. The molecule has 0 aromatic carbocycles. The van der Waals surface area contributed by atoms with Crippen LogP contribution in [0.3, 0.4) is 0 Å². The Bertz CT molecular complexity index is 454. The Morgan fingerprint density at radius 1 is 1.21 bits per heavy atom. The molecule has 1 saturated carbocycles. The Labute approximate surface area is 113 Å². The van der Waals surface area contributed by atoms with Crippen molar-refractivity contribution >= 4 is 11.9 Å². The topological polar surface area (TPSA) is 57.6 Å². The van der Waals surface area contributed by atoms with Gasteiger partial charge in [0.15, 0.2) is 0 Å². The molecule has 0 spiro atoms. The summed E-state index contributed by atoms with van der Waals surface area (Å²) in [5.41, 5.74) is -0.119. The number of rotatable bonds is 2. The van der Waals surface area contributed by atoms with Crippen molar-refractivity contribution in [3.8, 4) is 0 Å². The van der Waals surface area contributed by atoms with E-state index in [1.54, 1.807) is 0 Å². The fraction of sp³-hybridized carbons (Fsp3) is 0.733. The number of fused-ring (bicyclic) bond motifs is 2. The maximum atomic E-state index is 12.8. The first-order valence-electron chi connectivity index (χ1n) is 7.14. The molecule has 1 N–H and O–H groups in total. The minimum absolute atomic E-state index is 0.0576. The second kappa shape index (κ2) is 4.09. The summed E-state index contributed by atoms with van der Waals surface area (Å²) in [4.78, 5) is 26.2. The molecule has 4 nitrogen and oxygen atoms in total. The zero-order valence-electron chi connectivity index (χ0n) is 11.5. The monoisotopic (exact) mass is 263 g/mol. The largest absolute Gasteiger partial charge is 0.481 e. The maximum absolute atomic E-state index is 12.8. The van der Waals surface area contributed by atoms with Crippen LogP contribution in [0.15, 0.2) is 12.2 Å². The van der Waals surface area contributed by atoms with Crippen molar-refractivity contribution in [3.63, 3.8) is 0 Å². The van der Waals surface area contributed by atoms with Gasteiger partial charge in [-0.1, -0.05) is 12.2 Å². The van der Waals surface area contributed by atoms with E-state index in [9.17, 15) is 14.7 Å². The van der Waals surface area contributed by atoms with Crippen LogP contribution in [0.25, 0.3) is 0 Å². The molecule has 104 valence electrons. The summed E-state index contributed by atoms with van der Waals surface area (Å²) in [5.74, 6) is -1.42. The van der Waals surface area contributed by atoms with Gasteiger partial charge in [0.2, 0.25) is 5.91 Å². The Morgan fingerprint density at radius 2 is 1.84 bits per heavy atom. The summed E-state index contributed by atoms with van der Waals surface area (Å²) >= 11 is 0. The third-order valence-electron chi connectivity index (χ3n) is 5.20. The number of aliphatic carboxylic acids is 1. The molecule has 1 heterocycles. The van der Waals surface area contributed by atoms with Gasteiger partial charge >= 0.3 is 5.97 Å². The number of hydrogen-bond donors (Lipinski definition) is 1. The molecule has 0 aromatic heterocycles. The van der Waals surface area contributed by atoms with Crippen molar-refractivity contribution in [2.45, 2.75) is 38.6 Å². The van der Waals surface area contributed by atoms with Crippen molar-refractivity contribution in [3.05, 3.63) is 12.2 Å². The Morgan fingerprint density at radius 3 is 2.37 bits per heavy atom. The Kier molecular flexibility index (Phi) is 2.73. The number of nitrogens with zero attached hydrogens (tertiary/aromatic N) is 1. The molecule has 0 aromatic rings. The molecule has 0 radical (unpaired) electrons. The molecular weight excluding hydrogens is 242 g/mol. The standard InChI is InChI=1S/C15H21NO3/c1-15(2)6-3-7-16(15)13(17)11-9-4-5-10(8-9)12(11)14(18)19/h4-5,9-12H,3,6-8H2,1-2H3,(H,18,19)/t9?,10?,11-,12+/m0/s1. The third-order valence-corrected chi connectivity index (χ3v) is 5.20. The smallest absolute Gasteiger partial charge is 0.307 e. The normalized spacial score (nSPS) is 38.9. The van der Waals surface area contributed by atoms with E-state index in [0.717, 1.165) is 25.8 Å². The van der Waals surface area contributed by atoms with E-state index in [-0.39, 0.29) is 29.2 Å². The summed E-state index contributed by atoms with van der Waals surface area (Å²) < 4.78 is 0. The highest BCUT2D eigenvalue weighted by molar-refractivity contribution is 5.87. The zero-order chi connectivity index (χ0) is 13.8. The summed E-state index contributed by atoms with van der Waals surface area (Å²) in [6, 6.07) is 0. The molecule has 19 heavy (non-hydrogen) atoms. The highest BCUT2D eigenvalue weighted by Crippen LogP contribution is 2.49. The summed E-state index contributed by atoms with van der Waals surface area (Å²) in [7, 11) is 0. The van der Waals surface area contributed by atoms with Crippen LogP contribution in [0.5, 0.6) is 0 Å². The Balaban J connectivity index is 1.87. The van der Waals surface area contributed by atoms with Crippen molar-refractivity contribution in [1.29, 1.82) is 0 Å². The maximum Gasteiger partial charge on any atom is 0.307 e. The van der Waals surface area contributed by atoms with E-state index in [4.69, 9.17) is 0 Å². The number of hydrogen-bond acceptors (Lipinski definition) is 2. The second-order valence-electron chi connectivity index (χ2n) is 6.74. The molecular formula is C15H21NO3. The number of carboxylic acids is 1. The minimum atomic E-state index is -0.813. The van der Waals surface area contributed by atoms with Crippen LogP contribution in [-0.2, 0) is 9.59 Å². The van der Waals surface area contributed by atoms with E-state index >= 15 is 0 Å². The van der Waals surface area contributed by atoms with Crippen molar-refractivity contribution in [2.75, 3.05) is 6.54 Å². The van der Waals surface area contributed by atoms with Gasteiger partial charge in [0, 0.05) is 12.1 Å². The summed E-state index contributed by atoms with van der Waals surface area (Å²) in [5, 5.41) is 9.42. The van der Waals surface area contributed by atoms with Crippen LogP contribution in [-0.4, -0.2) is 34.0 Å². The number of likely N-dealkylation sites (tertiary alicyclic amines) is 1. The van der Waals surface area contributed by atoms with Crippen LogP contribution >= 0.6 is 0 Å². The third kappa shape index (κ3) is 1.80. The summed E-state index contributed by atoms with van der Waals surface area (Å²) in [6.07, 6.45) is 6.90. The van der Waals surface area contributed by atoms with Crippen LogP contribution in [0.4, 0.5) is 0 Å². The average molecular weight is 263 g/mol. The van der Waals surface area contributed by atoms with E-state index in [0.29, 0.717) is 0 Å². The van der Waals surface area contributed by atoms with Crippen LogP contribution in [0.2, 0.25) is 0 Å². The fourth-order valence-corrected chi connectivity index (χ4v) is 4.19. The van der Waals surface area contributed by atoms with E-state index in [1.165, 1.54) is 0 Å². The molecule has 1 aliphatic heterocycles. The van der Waals surface area contributed by atoms with Crippen molar-refractivity contribution in [2.24, 2.45) is 23.7 Å². The first kappa shape index (κ1) is 12.7. The molecule has 2 unspecified atom stereocenters. The Hall–Kier alpha value is -1.32. The lowest BCUT2D eigenvalue weighted by Gasteiger charge is -2.36. The van der Waals surface area contributed by atoms with Gasteiger partial charge in [-0.2, -0.15) is 0 Å². The van der Waals surface area contributed by atoms with E-state index < -0.39 is 11.9 Å². The number of allylic oxidation sites excluding steroid dienone is 2. The highest BCUT2D eigenvalue weighted by atomic mass is 16.4. The van der Waals surface area contributed by atoms with E-state index in [2.05, 4.69) is 19.9 Å². The molecule has 3 aliphatic rings. The molecule has 1 amide bonds. The molecule has 4 heteroatoms. The van der Waals surface area contributed by atoms with Gasteiger partial charge in [0.25, 0.3) is 0 Å². The molecule has 3 rings (SSSR count). The number of carbonyl (C=O) groups is 2. The predicted molar refractivity (Wildman–Crippen MR) is 70.4 cm³/mol. The van der Waals surface area contributed by atoms with Gasteiger partial charge in [-0.3, -0.25) is 9.59 Å². The van der Waals surface area contributed by atoms with Gasteiger partial charge in [-0.25, -0.2) is 0 Å². The highest BCUT2D eigenvalue weighted by Gasteiger charge is 2.54. The molecule has 2 aliphatic carbocycles. The van der Waals surface area contributed by atoms with Crippen LogP contribution in [0, 0.1) is 23.7 Å². The first-order chi connectivity index (χ1) is 8.92. The van der Waals surface area contributed by atoms with Gasteiger partial charge < -0.3 is 10.0 Å². The average Bonchev–Trinajstić information content (AvgIpc) is 3.00. The predicted octanol–water partition coefficient (Wildman–Crippen LogP) is 1.91. The lowest BCUT2D eigenvalue weighted by atomic mass is 9.81. The molecule has 2 fully saturated rings. The molecule has 1 saturated heterocycles. The van der Waals surface area contributed by atoms with Gasteiger partial charge in [0.1, 0.15) is 0 Å². The second-order valence-corrected chi connectivity index (χ2v) is 6.74. The van der Waals surface area contributed by atoms with Gasteiger partial charge in [0.05, 0.1) is 11.8 Å². The zero-order valence-corrected chi connectivity index (χ0v) is 11.5. The van der Waals surface area contributed by atoms with Crippen LogP contribution < -0.4 is 0 Å². The van der Waals surface area contributed by atoms with Gasteiger partial charge in [-0.05, 0) is 44.9 Å². The summed E-state index contributed by atoms with van der Waals surface area (Å²) in [6.45, 7) is 4.93. The quantitative estimate of drug-likeness (QED) is 0.774. The lowest BCUT2D eigenvalue weighted by Crippen LogP contribution is -2.49. The number of carbonyl (C=O) groups excluding carboxylic acids is 1. The van der Waals surface area contributed by atoms with Crippen molar-refractivity contribution in [1.82, 2.24) is 4.90 Å². The van der Waals surface area contributed by atoms with E-state index in [1.807, 2.05) is 11.0 Å². The SMILES string of the molecule is CC1(C)CCCN1C(=O)[C@H]1C2C=CC(C2)[C@H]1C(=O)O. The lowest BCUT2D eigenvalue weighted by molar-refractivity contribution is -0.152. The van der Waals surface area contributed by atoms with Crippen molar-refractivity contribution < 1.29 is 14.7 Å². The fourth-order valence-electron chi connectivity index (χ4n) is 4.19.